The zero-order valence-corrected chi connectivity index (χ0v) is 9.83. The number of halogens is 1. The lowest BCUT2D eigenvalue weighted by molar-refractivity contribution is -0.386. The predicted octanol–water partition coefficient (Wildman–Crippen LogP) is 2.21. The van der Waals surface area contributed by atoms with Crippen LogP contribution in [0.15, 0.2) is 24.3 Å². The Bertz CT molecular complexity index is 648. The molecule has 0 atom stereocenters. The summed E-state index contributed by atoms with van der Waals surface area (Å²) >= 11 is 0. The van der Waals surface area contributed by atoms with Gasteiger partial charge in [0.25, 0.3) is 0 Å². The minimum absolute atomic E-state index is 0.0731. The van der Waals surface area contributed by atoms with E-state index < -0.39 is 16.4 Å². The van der Waals surface area contributed by atoms with Crippen molar-refractivity contribution >= 4 is 11.6 Å². The summed E-state index contributed by atoms with van der Waals surface area (Å²) in [7, 11) is 0. The van der Waals surface area contributed by atoms with Gasteiger partial charge in [-0.05, 0) is 19.1 Å². The summed E-state index contributed by atoms with van der Waals surface area (Å²) in [4.78, 5) is 17.6. The Morgan fingerprint density at radius 3 is 2.79 bits per heavy atom. The standard InChI is InChI=1S/C11H9FN4O3/c1-6-9(16(17)18)10(15-11(13)14-6)19-8-4-2-3-7(12)5-8/h2-5H,1H3,(H2,13,14,15). The molecule has 8 heteroatoms. The van der Waals surface area contributed by atoms with Crippen molar-refractivity contribution in [3.63, 3.8) is 0 Å². The Kier molecular flexibility index (Phi) is 3.23. The van der Waals surface area contributed by atoms with Crippen molar-refractivity contribution in [2.24, 2.45) is 0 Å². The van der Waals surface area contributed by atoms with Gasteiger partial charge in [0, 0.05) is 6.07 Å². The molecule has 0 aliphatic carbocycles. The molecule has 0 aliphatic rings. The monoisotopic (exact) mass is 264 g/mol. The van der Waals surface area contributed by atoms with E-state index in [0.717, 1.165) is 6.07 Å². The fourth-order valence-corrected chi connectivity index (χ4v) is 1.49. The number of anilines is 1. The molecule has 7 nitrogen and oxygen atoms in total. The van der Waals surface area contributed by atoms with Gasteiger partial charge in [-0.15, -0.1) is 0 Å². The number of ether oxygens (including phenoxy) is 1. The van der Waals surface area contributed by atoms with E-state index in [4.69, 9.17) is 10.5 Å². The third-order valence-corrected chi connectivity index (χ3v) is 2.24. The lowest BCUT2D eigenvalue weighted by atomic mass is 10.3. The molecule has 1 aromatic carbocycles. The largest absolute Gasteiger partial charge is 0.433 e. The highest BCUT2D eigenvalue weighted by atomic mass is 19.1. The van der Waals surface area contributed by atoms with Crippen LogP contribution in [0.3, 0.4) is 0 Å². The number of rotatable bonds is 3. The van der Waals surface area contributed by atoms with E-state index in [-0.39, 0.29) is 23.3 Å². The number of hydrogen-bond acceptors (Lipinski definition) is 6. The zero-order valence-electron chi connectivity index (χ0n) is 9.83. The molecule has 2 N–H and O–H groups in total. The second kappa shape index (κ2) is 4.84. The Labute approximate surface area is 107 Å². The maximum atomic E-state index is 13.0. The summed E-state index contributed by atoms with van der Waals surface area (Å²) in [5, 5.41) is 10.9. The molecule has 0 radical (unpaired) electrons. The third kappa shape index (κ3) is 2.73. The van der Waals surface area contributed by atoms with Crippen LogP contribution in [0.2, 0.25) is 0 Å². The molecule has 0 unspecified atom stereocenters. The lowest BCUT2D eigenvalue weighted by Gasteiger charge is -2.07. The first-order valence-electron chi connectivity index (χ1n) is 5.19. The second-order valence-corrected chi connectivity index (χ2v) is 3.64. The van der Waals surface area contributed by atoms with Crippen LogP contribution in [0, 0.1) is 22.9 Å². The molecular formula is C11H9FN4O3. The highest BCUT2D eigenvalue weighted by molar-refractivity contribution is 5.49. The van der Waals surface area contributed by atoms with Crippen LogP contribution in [0.1, 0.15) is 5.69 Å². The first kappa shape index (κ1) is 12.7. The van der Waals surface area contributed by atoms with Crippen molar-refractivity contribution in [3.05, 3.63) is 45.9 Å². The molecule has 0 amide bonds. The van der Waals surface area contributed by atoms with E-state index in [1.807, 2.05) is 0 Å². The molecular weight excluding hydrogens is 255 g/mol. The van der Waals surface area contributed by atoms with Crippen LogP contribution in [0.5, 0.6) is 11.6 Å². The summed E-state index contributed by atoms with van der Waals surface area (Å²) in [5.41, 5.74) is 5.08. The molecule has 1 heterocycles. The number of nitrogens with zero attached hydrogens (tertiary/aromatic N) is 3. The molecule has 2 rings (SSSR count). The summed E-state index contributed by atoms with van der Waals surface area (Å²) in [6.45, 7) is 1.41. The Balaban J connectivity index is 2.47. The summed E-state index contributed by atoms with van der Waals surface area (Å²) < 4.78 is 18.2. The van der Waals surface area contributed by atoms with Gasteiger partial charge in [0.05, 0.1) is 4.92 Å². The van der Waals surface area contributed by atoms with E-state index in [0.29, 0.717) is 0 Å². The Hall–Kier alpha value is -2.77. The molecule has 0 bridgehead atoms. The SMILES string of the molecule is Cc1nc(N)nc(Oc2cccc(F)c2)c1[N+](=O)[O-]. The van der Waals surface area contributed by atoms with Crippen LogP contribution in [-0.4, -0.2) is 14.9 Å². The van der Waals surface area contributed by atoms with Gasteiger partial charge < -0.3 is 10.5 Å². The van der Waals surface area contributed by atoms with Gasteiger partial charge in [-0.3, -0.25) is 10.1 Å². The van der Waals surface area contributed by atoms with Crippen molar-refractivity contribution in [1.29, 1.82) is 0 Å². The molecule has 0 spiro atoms. The van der Waals surface area contributed by atoms with E-state index in [9.17, 15) is 14.5 Å². The smallest absolute Gasteiger partial charge is 0.352 e. The van der Waals surface area contributed by atoms with Gasteiger partial charge in [0.1, 0.15) is 17.3 Å². The highest BCUT2D eigenvalue weighted by Gasteiger charge is 2.23. The minimum Gasteiger partial charge on any atom is -0.433 e. The van der Waals surface area contributed by atoms with E-state index in [1.165, 1.54) is 25.1 Å². The fourth-order valence-electron chi connectivity index (χ4n) is 1.49. The molecule has 2 aromatic rings. The number of nitro groups is 1. The molecule has 1 aromatic heterocycles. The van der Waals surface area contributed by atoms with Gasteiger partial charge >= 0.3 is 11.6 Å². The third-order valence-electron chi connectivity index (χ3n) is 2.24. The van der Waals surface area contributed by atoms with Crippen LogP contribution in [-0.2, 0) is 0 Å². The predicted molar refractivity (Wildman–Crippen MR) is 64.3 cm³/mol. The van der Waals surface area contributed by atoms with Crippen molar-refractivity contribution in [1.82, 2.24) is 9.97 Å². The van der Waals surface area contributed by atoms with Crippen molar-refractivity contribution in [2.45, 2.75) is 6.92 Å². The number of aromatic nitrogens is 2. The quantitative estimate of drug-likeness (QED) is 0.673. The van der Waals surface area contributed by atoms with Gasteiger partial charge in [-0.2, -0.15) is 4.98 Å². The molecule has 0 saturated carbocycles. The maximum absolute atomic E-state index is 13.0. The summed E-state index contributed by atoms with van der Waals surface area (Å²) in [6.07, 6.45) is 0. The molecule has 0 aliphatic heterocycles. The average Bonchev–Trinajstić information content (AvgIpc) is 2.26. The van der Waals surface area contributed by atoms with Crippen LogP contribution >= 0.6 is 0 Å². The second-order valence-electron chi connectivity index (χ2n) is 3.64. The number of hydrogen-bond donors (Lipinski definition) is 1. The number of nitrogens with two attached hydrogens (primary N) is 1. The summed E-state index contributed by atoms with van der Waals surface area (Å²) in [6, 6.07) is 5.16. The zero-order chi connectivity index (χ0) is 14.0. The Morgan fingerprint density at radius 2 is 2.16 bits per heavy atom. The van der Waals surface area contributed by atoms with E-state index in [1.54, 1.807) is 0 Å². The van der Waals surface area contributed by atoms with Crippen molar-refractivity contribution < 1.29 is 14.1 Å². The summed E-state index contributed by atoms with van der Waals surface area (Å²) in [5.74, 6) is -0.922. The van der Waals surface area contributed by atoms with Crippen molar-refractivity contribution in [3.8, 4) is 11.6 Å². The van der Waals surface area contributed by atoms with Gasteiger partial charge in [0.15, 0.2) is 0 Å². The topological polar surface area (TPSA) is 104 Å². The number of benzene rings is 1. The van der Waals surface area contributed by atoms with E-state index in [2.05, 4.69) is 9.97 Å². The molecule has 98 valence electrons. The van der Waals surface area contributed by atoms with Crippen molar-refractivity contribution in [2.75, 3.05) is 5.73 Å². The van der Waals surface area contributed by atoms with Gasteiger partial charge in [-0.1, -0.05) is 6.07 Å². The fraction of sp³-hybridized carbons (Fsp3) is 0.0909. The Morgan fingerprint density at radius 1 is 1.42 bits per heavy atom. The molecule has 0 fully saturated rings. The normalized spacial score (nSPS) is 10.2. The number of aryl methyl sites for hydroxylation is 1. The molecule has 19 heavy (non-hydrogen) atoms. The van der Waals surface area contributed by atoms with Gasteiger partial charge in [0.2, 0.25) is 5.95 Å². The minimum atomic E-state index is -0.677. The first-order chi connectivity index (χ1) is 8.97. The number of nitrogen functional groups attached to an aromatic ring is 1. The van der Waals surface area contributed by atoms with Crippen LogP contribution in [0.4, 0.5) is 16.0 Å². The molecule has 0 saturated heterocycles. The highest BCUT2D eigenvalue weighted by Crippen LogP contribution is 2.31. The van der Waals surface area contributed by atoms with Gasteiger partial charge in [-0.25, -0.2) is 9.37 Å². The average molecular weight is 264 g/mol. The lowest BCUT2D eigenvalue weighted by Crippen LogP contribution is -2.04. The van der Waals surface area contributed by atoms with E-state index >= 15 is 0 Å². The van der Waals surface area contributed by atoms with Crippen LogP contribution in [0.25, 0.3) is 0 Å². The first-order valence-corrected chi connectivity index (χ1v) is 5.19. The maximum Gasteiger partial charge on any atom is 0.352 e. The van der Waals surface area contributed by atoms with Crippen LogP contribution < -0.4 is 10.5 Å².